The van der Waals surface area contributed by atoms with Crippen molar-refractivity contribution in [2.75, 3.05) is 7.11 Å². The van der Waals surface area contributed by atoms with Crippen molar-refractivity contribution in [3.63, 3.8) is 0 Å². The zero-order valence-corrected chi connectivity index (χ0v) is 12.7. The zero-order valence-electron chi connectivity index (χ0n) is 11.9. The lowest BCUT2D eigenvalue weighted by Gasteiger charge is -2.22. The topological polar surface area (TPSA) is 95.7 Å². The minimum Gasteiger partial charge on any atom is -0.495 e. The molecule has 1 fully saturated rings. The fourth-order valence-corrected chi connectivity index (χ4v) is 3.15. The number of methoxy groups -OCH3 is 1. The molecule has 0 aliphatic heterocycles. The molecule has 1 aliphatic carbocycles. The minimum atomic E-state index is -3.97. The predicted molar refractivity (Wildman–Crippen MR) is 76.7 cm³/mol. The second-order valence-electron chi connectivity index (χ2n) is 5.08. The number of esters is 1. The summed E-state index contributed by atoms with van der Waals surface area (Å²) < 4.78 is 33.4. The van der Waals surface area contributed by atoms with Gasteiger partial charge in [-0.05, 0) is 43.9 Å². The van der Waals surface area contributed by atoms with Crippen molar-refractivity contribution in [1.29, 1.82) is 0 Å². The summed E-state index contributed by atoms with van der Waals surface area (Å²) in [6.07, 6.45) is 4.86. The van der Waals surface area contributed by atoms with Crippen molar-refractivity contribution in [3.05, 3.63) is 23.8 Å². The van der Waals surface area contributed by atoms with Crippen LogP contribution in [0.5, 0.6) is 5.75 Å². The summed E-state index contributed by atoms with van der Waals surface area (Å²) in [5.41, 5.74) is 0.158. The van der Waals surface area contributed by atoms with E-state index in [4.69, 9.17) is 14.6 Å². The number of hydrogen-bond acceptors (Lipinski definition) is 5. The highest BCUT2D eigenvalue weighted by molar-refractivity contribution is 7.89. The van der Waals surface area contributed by atoms with E-state index >= 15 is 0 Å². The first-order chi connectivity index (χ1) is 9.91. The van der Waals surface area contributed by atoms with Crippen molar-refractivity contribution in [1.82, 2.24) is 0 Å². The summed E-state index contributed by atoms with van der Waals surface area (Å²) in [5, 5.41) is 5.13. The maximum absolute atomic E-state index is 12.1. The quantitative estimate of drug-likeness (QED) is 0.856. The first-order valence-electron chi connectivity index (χ1n) is 6.83. The van der Waals surface area contributed by atoms with Crippen LogP contribution in [0.1, 0.15) is 42.5 Å². The molecular formula is C14H19NO5S. The van der Waals surface area contributed by atoms with Crippen molar-refractivity contribution >= 4 is 16.0 Å². The average Bonchev–Trinajstić information content (AvgIpc) is 2.46. The van der Waals surface area contributed by atoms with Crippen molar-refractivity contribution in [2.45, 2.75) is 43.1 Å². The Kier molecular flexibility index (Phi) is 4.84. The molecule has 2 N–H and O–H groups in total. The highest BCUT2D eigenvalue weighted by Crippen LogP contribution is 2.26. The third-order valence-corrected chi connectivity index (χ3v) is 4.46. The Balaban J connectivity index is 2.21. The number of sulfonamides is 1. The first kappa shape index (κ1) is 15.8. The van der Waals surface area contributed by atoms with Gasteiger partial charge in [-0.3, -0.25) is 0 Å². The lowest BCUT2D eigenvalue weighted by Crippen LogP contribution is -2.21. The van der Waals surface area contributed by atoms with Crippen molar-refractivity contribution in [3.8, 4) is 5.75 Å². The Labute approximate surface area is 124 Å². The Hall–Kier alpha value is -1.60. The molecule has 116 valence electrons. The van der Waals surface area contributed by atoms with E-state index in [0.717, 1.165) is 32.1 Å². The minimum absolute atomic E-state index is 0.0914. The highest BCUT2D eigenvalue weighted by Gasteiger charge is 2.22. The molecule has 0 aromatic heterocycles. The van der Waals surface area contributed by atoms with Crippen LogP contribution < -0.4 is 9.88 Å². The van der Waals surface area contributed by atoms with E-state index in [-0.39, 0.29) is 22.3 Å². The van der Waals surface area contributed by atoms with Crippen LogP contribution in [0.4, 0.5) is 0 Å². The number of primary sulfonamides is 1. The number of hydrogen-bond donors (Lipinski definition) is 1. The molecule has 1 aromatic rings. The van der Waals surface area contributed by atoms with Gasteiger partial charge in [0.1, 0.15) is 16.7 Å². The van der Waals surface area contributed by atoms with Crippen LogP contribution >= 0.6 is 0 Å². The van der Waals surface area contributed by atoms with Crippen LogP contribution in [-0.2, 0) is 14.8 Å². The van der Waals surface area contributed by atoms with Crippen molar-refractivity contribution < 1.29 is 22.7 Å². The van der Waals surface area contributed by atoms with Gasteiger partial charge < -0.3 is 9.47 Å². The maximum Gasteiger partial charge on any atom is 0.338 e. The molecule has 1 aromatic carbocycles. The molecule has 0 radical (unpaired) electrons. The molecule has 6 nitrogen and oxygen atoms in total. The third kappa shape index (κ3) is 3.95. The molecule has 21 heavy (non-hydrogen) atoms. The molecule has 0 heterocycles. The molecule has 0 amide bonds. The number of nitrogens with two attached hydrogens (primary N) is 1. The monoisotopic (exact) mass is 313 g/mol. The van der Waals surface area contributed by atoms with Gasteiger partial charge in [-0.1, -0.05) is 6.42 Å². The average molecular weight is 313 g/mol. The highest BCUT2D eigenvalue weighted by atomic mass is 32.2. The largest absolute Gasteiger partial charge is 0.495 e. The van der Waals surface area contributed by atoms with E-state index in [2.05, 4.69) is 0 Å². The molecule has 7 heteroatoms. The summed E-state index contributed by atoms with van der Waals surface area (Å²) in [5.74, 6) is -0.429. The lowest BCUT2D eigenvalue weighted by atomic mass is 9.98. The van der Waals surface area contributed by atoms with Crippen LogP contribution in [0.3, 0.4) is 0 Å². The van der Waals surface area contributed by atoms with Crippen LogP contribution in [0.25, 0.3) is 0 Å². The Bertz CT molecular complexity index is 620. The van der Waals surface area contributed by atoms with Gasteiger partial charge in [-0.15, -0.1) is 0 Å². The third-order valence-electron chi connectivity index (χ3n) is 3.53. The number of rotatable bonds is 4. The first-order valence-corrected chi connectivity index (χ1v) is 8.38. The van der Waals surface area contributed by atoms with E-state index in [1.807, 2.05) is 0 Å². The van der Waals surface area contributed by atoms with E-state index < -0.39 is 16.0 Å². The lowest BCUT2D eigenvalue weighted by molar-refractivity contribution is 0.0211. The standard InChI is InChI=1S/C14H19NO5S/c1-19-12-8-7-10(9-13(12)21(15,17)18)14(16)20-11-5-3-2-4-6-11/h7-9,11H,2-6H2,1H3,(H2,15,17,18). The Morgan fingerprint density at radius 2 is 1.90 bits per heavy atom. The zero-order chi connectivity index (χ0) is 15.5. The van der Waals surface area contributed by atoms with Gasteiger partial charge in [0.15, 0.2) is 0 Å². The van der Waals surface area contributed by atoms with E-state index in [9.17, 15) is 13.2 Å². The number of carbonyl (C=O) groups is 1. The van der Waals surface area contributed by atoms with Crippen LogP contribution in [0, 0.1) is 0 Å². The van der Waals surface area contributed by atoms with Gasteiger partial charge in [0, 0.05) is 0 Å². The van der Waals surface area contributed by atoms with Crippen molar-refractivity contribution in [2.24, 2.45) is 5.14 Å². The molecule has 1 aliphatic rings. The van der Waals surface area contributed by atoms with Crippen LogP contribution in [0.15, 0.2) is 23.1 Å². The molecule has 0 spiro atoms. The molecule has 0 bridgehead atoms. The fraction of sp³-hybridized carbons (Fsp3) is 0.500. The summed E-state index contributed by atoms with van der Waals surface area (Å²) >= 11 is 0. The van der Waals surface area contributed by atoms with Gasteiger partial charge in [0.2, 0.25) is 10.0 Å². The SMILES string of the molecule is COc1ccc(C(=O)OC2CCCCC2)cc1S(N)(=O)=O. The van der Waals surface area contributed by atoms with Gasteiger partial charge in [-0.2, -0.15) is 0 Å². The molecule has 1 saturated carbocycles. The van der Waals surface area contributed by atoms with Gasteiger partial charge >= 0.3 is 5.97 Å². The van der Waals surface area contributed by atoms with Crippen LogP contribution in [0.2, 0.25) is 0 Å². The van der Waals surface area contributed by atoms with Gasteiger partial charge in [-0.25, -0.2) is 18.4 Å². The summed E-state index contributed by atoms with van der Waals surface area (Å²) in [7, 11) is -2.63. The summed E-state index contributed by atoms with van der Waals surface area (Å²) in [6, 6.07) is 4.06. The molecule has 0 unspecified atom stereocenters. The fourth-order valence-electron chi connectivity index (χ4n) is 2.43. The molecule has 0 saturated heterocycles. The number of carbonyl (C=O) groups excluding carboxylic acids is 1. The summed E-state index contributed by atoms with van der Waals surface area (Å²) in [4.78, 5) is 11.9. The van der Waals surface area contributed by atoms with Gasteiger partial charge in [0.05, 0.1) is 12.7 Å². The second kappa shape index (κ2) is 6.44. The smallest absolute Gasteiger partial charge is 0.338 e. The summed E-state index contributed by atoms with van der Waals surface area (Å²) in [6.45, 7) is 0. The molecule has 0 atom stereocenters. The normalized spacial score (nSPS) is 16.5. The van der Waals surface area contributed by atoms with E-state index in [0.29, 0.717) is 0 Å². The molecular weight excluding hydrogens is 294 g/mol. The van der Waals surface area contributed by atoms with Crippen LogP contribution in [-0.4, -0.2) is 27.6 Å². The van der Waals surface area contributed by atoms with E-state index in [1.54, 1.807) is 0 Å². The van der Waals surface area contributed by atoms with Gasteiger partial charge in [0.25, 0.3) is 0 Å². The Morgan fingerprint density at radius 1 is 1.24 bits per heavy atom. The number of ether oxygens (including phenoxy) is 2. The Morgan fingerprint density at radius 3 is 2.48 bits per heavy atom. The second-order valence-corrected chi connectivity index (χ2v) is 6.61. The molecule has 2 rings (SSSR count). The predicted octanol–water partition coefficient (Wildman–Crippen LogP) is 1.83. The van der Waals surface area contributed by atoms with E-state index in [1.165, 1.54) is 25.3 Å². The number of benzene rings is 1. The maximum atomic E-state index is 12.1.